The zero-order valence-electron chi connectivity index (χ0n) is 6.85. The number of aromatic amines is 1. The van der Waals surface area contributed by atoms with E-state index >= 15 is 0 Å². The summed E-state index contributed by atoms with van der Waals surface area (Å²) in [6, 6.07) is 2.82. The van der Waals surface area contributed by atoms with Crippen LogP contribution >= 0.6 is 15.9 Å². The first-order chi connectivity index (χ1) is 6.56. The summed E-state index contributed by atoms with van der Waals surface area (Å²) in [5, 5.41) is 8.34. The van der Waals surface area contributed by atoms with Gasteiger partial charge in [-0.1, -0.05) is 0 Å². The molecule has 14 heavy (non-hydrogen) atoms. The number of pyridine rings is 1. The molecule has 0 saturated heterocycles. The van der Waals surface area contributed by atoms with Gasteiger partial charge in [0.2, 0.25) is 0 Å². The van der Waals surface area contributed by atoms with Gasteiger partial charge in [-0.15, -0.1) is 0 Å². The van der Waals surface area contributed by atoms with Crippen molar-refractivity contribution in [3.8, 4) is 6.07 Å². The van der Waals surface area contributed by atoms with Crippen LogP contribution in [0.3, 0.4) is 0 Å². The Morgan fingerprint density at radius 2 is 2.29 bits per heavy atom. The third-order valence-corrected chi connectivity index (χ3v) is 2.19. The predicted molar refractivity (Wildman–Crippen MR) is 49.0 cm³/mol. The lowest BCUT2D eigenvalue weighted by molar-refractivity contribution is 0.148. The van der Waals surface area contributed by atoms with Gasteiger partial charge < -0.3 is 4.98 Å². The van der Waals surface area contributed by atoms with Crippen LogP contribution in [0, 0.1) is 11.3 Å². The maximum absolute atomic E-state index is 12.3. The lowest BCUT2D eigenvalue weighted by Gasteiger charge is -2.03. The molecule has 0 radical (unpaired) electrons. The van der Waals surface area contributed by atoms with E-state index < -0.39 is 17.4 Å². The first kappa shape index (κ1) is 10.9. The number of H-pyrrole nitrogens is 1. The molecule has 6 heteroatoms. The molecule has 1 rings (SSSR count). The molecule has 0 amide bonds. The van der Waals surface area contributed by atoms with Crippen molar-refractivity contribution in [2.24, 2.45) is 0 Å². The molecule has 0 bridgehead atoms. The van der Waals surface area contributed by atoms with E-state index in [1.165, 1.54) is 0 Å². The zero-order chi connectivity index (χ0) is 10.7. The summed E-state index contributed by atoms with van der Waals surface area (Å²) in [4.78, 5) is 13.7. The van der Waals surface area contributed by atoms with Crippen LogP contribution < -0.4 is 5.43 Å². The third-order valence-electron chi connectivity index (χ3n) is 1.57. The highest BCUT2D eigenvalue weighted by molar-refractivity contribution is 9.10. The molecular formula is C8H5BrF2N2O. The lowest BCUT2D eigenvalue weighted by Crippen LogP contribution is -2.12. The molecular weight excluding hydrogens is 258 g/mol. The van der Waals surface area contributed by atoms with Gasteiger partial charge in [0.1, 0.15) is 0 Å². The van der Waals surface area contributed by atoms with Crippen molar-refractivity contribution in [3.05, 3.63) is 32.2 Å². The molecule has 0 unspecified atom stereocenters. The number of nitrogens with one attached hydrogen (secondary N) is 1. The molecule has 0 aliphatic heterocycles. The summed E-state index contributed by atoms with van der Waals surface area (Å²) in [7, 11) is 0. The van der Waals surface area contributed by atoms with Gasteiger partial charge in [0.25, 0.3) is 6.43 Å². The van der Waals surface area contributed by atoms with Crippen molar-refractivity contribution < 1.29 is 8.78 Å². The molecule has 0 atom stereocenters. The Morgan fingerprint density at radius 1 is 1.64 bits per heavy atom. The monoisotopic (exact) mass is 262 g/mol. The van der Waals surface area contributed by atoms with E-state index in [1.54, 1.807) is 0 Å². The second-order valence-corrected chi connectivity index (χ2v) is 3.32. The minimum atomic E-state index is -2.83. The predicted octanol–water partition coefficient (Wildman–Crippen LogP) is 2.14. The maximum atomic E-state index is 12.3. The van der Waals surface area contributed by atoms with Crippen molar-refractivity contribution in [3.63, 3.8) is 0 Å². The van der Waals surface area contributed by atoms with Gasteiger partial charge >= 0.3 is 0 Å². The summed E-state index contributed by atoms with van der Waals surface area (Å²) in [6.07, 6.45) is -2.85. The molecule has 0 aromatic carbocycles. The average molecular weight is 263 g/mol. The number of hydrogen-bond donors (Lipinski definition) is 1. The Kier molecular flexibility index (Phi) is 3.36. The Morgan fingerprint density at radius 3 is 2.71 bits per heavy atom. The summed E-state index contributed by atoms with van der Waals surface area (Å²) in [5.41, 5.74) is -1.06. The van der Waals surface area contributed by atoms with Gasteiger partial charge in [-0.05, 0) is 15.9 Å². The number of aromatic nitrogens is 1. The molecule has 1 N–H and O–H groups in total. The first-order valence-corrected chi connectivity index (χ1v) is 4.42. The SMILES string of the molecule is N#CCc1cc(=O)c(C(F)F)c(Br)[nH]1. The van der Waals surface area contributed by atoms with E-state index in [0.717, 1.165) is 6.07 Å². The largest absolute Gasteiger partial charge is 0.352 e. The molecule has 0 aliphatic carbocycles. The van der Waals surface area contributed by atoms with Crippen molar-refractivity contribution >= 4 is 15.9 Å². The Hall–Kier alpha value is -1.22. The van der Waals surface area contributed by atoms with Gasteiger partial charge in [0, 0.05) is 11.8 Å². The Bertz CT molecular complexity index is 436. The van der Waals surface area contributed by atoms with Crippen molar-refractivity contribution in [2.45, 2.75) is 12.8 Å². The van der Waals surface area contributed by atoms with E-state index in [1.807, 2.05) is 6.07 Å². The van der Waals surface area contributed by atoms with Gasteiger partial charge in [-0.2, -0.15) is 5.26 Å². The maximum Gasteiger partial charge on any atom is 0.270 e. The van der Waals surface area contributed by atoms with Crippen LogP contribution in [0.1, 0.15) is 17.7 Å². The second kappa shape index (κ2) is 4.33. The van der Waals surface area contributed by atoms with Gasteiger partial charge in [-0.25, -0.2) is 8.78 Å². The number of alkyl halides is 2. The van der Waals surface area contributed by atoms with E-state index in [9.17, 15) is 13.6 Å². The van der Waals surface area contributed by atoms with E-state index in [0.29, 0.717) is 5.69 Å². The highest BCUT2D eigenvalue weighted by Crippen LogP contribution is 2.22. The normalized spacial score (nSPS) is 10.2. The zero-order valence-corrected chi connectivity index (χ0v) is 8.44. The number of halogens is 3. The van der Waals surface area contributed by atoms with Crippen LogP contribution in [0.5, 0.6) is 0 Å². The topological polar surface area (TPSA) is 56.6 Å². The molecule has 0 spiro atoms. The summed E-state index contributed by atoms with van der Waals surface area (Å²) in [6.45, 7) is 0. The molecule has 0 aliphatic rings. The highest BCUT2D eigenvalue weighted by atomic mass is 79.9. The number of rotatable bonds is 2. The molecule has 1 heterocycles. The quantitative estimate of drug-likeness (QED) is 0.831. The highest BCUT2D eigenvalue weighted by Gasteiger charge is 2.16. The fourth-order valence-corrected chi connectivity index (χ4v) is 1.60. The first-order valence-electron chi connectivity index (χ1n) is 3.63. The van der Waals surface area contributed by atoms with E-state index in [4.69, 9.17) is 5.26 Å². The van der Waals surface area contributed by atoms with Crippen LogP contribution in [0.15, 0.2) is 15.5 Å². The number of nitrogens with zero attached hydrogens (tertiary/aromatic N) is 1. The Labute approximate surface area is 86.5 Å². The van der Waals surface area contributed by atoms with E-state index in [-0.39, 0.29) is 11.0 Å². The molecule has 74 valence electrons. The number of hydrogen-bond acceptors (Lipinski definition) is 2. The fourth-order valence-electron chi connectivity index (χ4n) is 0.972. The summed E-state index contributed by atoms with van der Waals surface area (Å²) >= 11 is 2.82. The van der Waals surface area contributed by atoms with Crippen molar-refractivity contribution in [1.29, 1.82) is 5.26 Å². The third kappa shape index (κ3) is 2.17. The van der Waals surface area contributed by atoms with Crippen LogP contribution in [0.25, 0.3) is 0 Å². The van der Waals surface area contributed by atoms with Gasteiger partial charge in [-0.3, -0.25) is 4.79 Å². The number of nitriles is 1. The average Bonchev–Trinajstić information content (AvgIpc) is 2.01. The van der Waals surface area contributed by atoms with Crippen LogP contribution in [-0.4, -0.2) is 4.98 Å². The van der Waals surface area contributed by atoms with Crippen molar-refractivity contribution in [1.82, 2.24) is 4.98 Å². The lowest BCUT2D eigenvalue weighted by atomic mass is 10.2. The minimum absolute atomic E-state index is 0.0165. The van der Waals surface area contributed by atoms with E-state index in [2.05, 4.69) is 20.9 Å². The van der Waals surface area contributed by atoms with Gasteiger partial charge in [0.15, 0.2) is 5.43 Å². The van der Waals surface area contributed by atoms with Crippen LogP contribution in [0.2, 0.25) is 0 Å². The minimum Gasteiger partial charge on any atom is -0.352 e. The molecule has 0 fully saturated rings. The molecule has 0 saturated carbocycles. The standard InChI is InChI=1S/C8H5BrF2N2O/c9-7-6(8(10)11)5(14)3-4(13-7)1-2-12/h3,8H,1H2,(H,13,14). The van der Waals surface area contributed by atoms with Crippen molar-refractivity contribution in [2.75, 3.05) is 0 Å². The Balaban J connectivity index is 3.27. The van der Waals surface area contributed by atoms with Crippen LogP contribution in [0.4, 0.5) is 8.78 Å². The van der Waals surface area contributed by atoms with Crippen LogP contribution in [-0.2, 0) is 6.42 Å². The summed E-state index contributed by atoms with van der Waals surface area (Å²) in [5.74, 6) is 0. The molecule has 1 aromatic rings. The summed E-state index contributed by atoms with van der Waals surface area (Å²) < 4.78 is 24.5. The second-order valence-electron chi connectivity index (χ2n) is 2.52. The van der Waals surface area contributed by atoms with Gasteiger partial charge in [0.05, 0.1) is 22.7 Å². The smallest absolute Gasteiger partial charge is 0.270 e. The molecule has 1 aromatic heterocycles. The molecule has 3 nitrogen and oxygen atoms in total. The fraction of sp³-hybridized carbons (Fsp3) is 0.250.